The molecular weight excluding hydrogens is 364 g/mol. The molecular formula is C23H30N4O2. The van der Waals surface area contributed by atoms with Crippen LogP contribution in [0, 0.1) is 0 Å². The third-order valence-corrected chi connectivity index (χ3v) is 5.41. The number of nitrogens with one attached hydrogen (secondary N) is 1. The average Bonchev–Trinajstić information content (AvgIpc) is 3.33. The second-order valence-electron chi connectivity index (χ2n) is 7.49. The highest BCUT2D eigenvalue weighted by molar-refractivity contribution is 5.80. The highest BCUT2D eigenvalue weighted by Gasteiger charge is 2.32. The predicted molar refractivity (Wildman–Crippen MR) is 115 cm³/mol. The van der Waals surface area contributed by atoms with Crippen molar-refractivity contribution < 1.29 is 9.47 Å². The van der Waals surface area contributed by atoms with E-state index in [4.69, 9.17) is 14.5 Å². The van der Waals surface area contributed by atoms with Crippen LogP contribution in [0.15, 0.2) is 53.7 Å². The minimum Gasteiger partial charge on any atom is -0.375 e. The zero-order valence-corrected chi connectivity index (χ0v) is 17.1. The summed E-state index contributed by atoms with van der Waals surface area (Å²) in [4.78, 5) is 11.7. The second kappa shape index (κ2) is 9.85. The molecule has 2 aliphatic heterocycles. The van der Waals surface area contributed by atoms with Gasteiger partial charge in [-0.3, -0.25) is 4.98 Å². The van der Waals surface area contributed by atoms with Gasteiger partial charge in [-0.25, -0.2) is 4.99 Å². The van der Waals surface area contributed by atoms with E-state index in [-0.39, 0.29) is 12.2 Å². The Bertz CT molecular complexity index is 806. The number of pyridine rings is 1. The Hall–Kier alpha value is -2.44. The third kappa shape index (κ3) is 5.14. The lowest BCUT2D eigenvalue weighted by Crippen LogP contribution is -2.53. The molecule has 1 aromatic carbocycles. The van der Waals surface area contributed by atoms with Crippen LogP contribution in [-0.4, -0.2) is 60.9 Å². The van der Waals surface area contributed by atoms with Gasteiger partial charge < -0.3 is 19.7 Å². The van der Waals surface area contributed by atoms with E-state index in [1.54, 1.807) is 0 Å². The van der Waals surface area contributed by atoms with Gasteiger partial charge in [0.05, 0.1) is 24.9 Å². The summed E-state index contributed by atoms with van der Waals surface area (Å²) in [6, 6.07) is 14.4. The van der Waals surface area contributed by atoms with Crippen LogP contribution in [0.4, 0.5) is 0 Å². The molecule has 1 aromatic heterocycles. The van der Waals surface area contributed by atoms with E-state index in [1.807, 2.05) is 24.4 Å². The number of morpholine rings is 1. The van der Waals surface area contributed by atoms with Crippen molar-refractivity contribution in [2.75, 3.05) is 32.8 Å². The molecule has 2 fully saturated rings. The fourth-order valence-corrected chi connectivity index (χ4v) is 3.94. The maximum absolute atomic E-state index is 5.99. The predicted octanol–water partition coefficient (Wildman–Crippen LogP) is 3.09. The van der Waals surface area contributed by atoms with Gasteiger partial charge in [-0.15, -0.1) is 0 Å². The smallest absolute Gasteiger partial charge is 0.194 e. The van der Waals surface area contributed by atoms with Crippen molar-refractivity contribution in [3.63, 3.8) is 0 Å². The van der Waals surface area contributed by atoms with Crippen LogP contribution in [0.2, 0.25) is 0 Å². The summed E-state index contributed by atoms with van der Waals surface area (Å²) in [5, 5.41) is 3.45. The van der Waals surface area contributed by atoms with Gasteiger partial charge >= 0.3 is 0 Å². The molecule has 0 bridgehead atoms. The van der Waals surface area contributed by atoms with Crippen molar-refractivity contribution >= 4 is 5.96 Å². The second-order valence-corrected chi connectivity index (χ2v) is 7.49. The molecule has 2 saturated heterocycles. The molecule has 1 N–H and O–H groups in total. The first-order chi connectivity index (χ1) is 14.3. The number of guanidine groups is 1. The molecule has 0 amide bonds. The highest BCUT2D eigenvalue weighted by Crippen LogP contribution is 2.21. The average molecular weight is 395 g/mol. The van der Waals surface area contributed by atoms with Crippen molar-refractivity contribution in [3.05, 3.63) is 54.2 Å². The van der Waals surface area contributed by atoms with Crippen molar-refractivity contribution in [3.8, 4) is 11.3 Å². The van der Waals surface area contributed by atoms with Crippen LogP contribution >= 0.6 is 0 Å². The van der Waals surface area contributed by atoms with Crippen molar-refractivity contribution in [2.45, 2.75) is 38.5 Å². The SMILES string of the molecule is CCNC(=NCc1cccc(-c2ccccn2)c1)N1CCOC(C2CCCO2)C1. The van der Waals surface area contributed by atoms with Crippen LogP contribution in [0.1, 0.15) is 25.3 Å². The Morgan fingerprint density at radius 1 is 1.17 bits per heavy atom. The standard InChI is InChI=1S/C23H30N4O2/c1-2-24-23(27-12-14-29-22(17-27)21-10-6-13-28-21)26-16-18-7-5-8-19(15-18)20-9-3-4-11-25-20/h3-5,7-9,11,15,21-22H,2,6,10,12-14,16-17H2,1H3,(H,24,26). The van der Waals surface area contributed by atoms with Crippen molar-refractivity contribution in [2.24, 2.45) is 4.99 Å². The Kier molecular flexibility index (Phi) is 6.75. The van der Waals surface area contributed by atoms with Gasteiger partial charge in [-0.1, -0.05) is 24.3 Å². The molecule has 2 atom stereocenters. The normalized spacial score (nSPS) is 22.7. The summed E-state index contributed by atoms with van der Waals surface area (Å²) >= 11 is 0. The molecule has 3 heterocycles. The largest absolute Gasteiger partial charge is 0.375 e. The Labute approximate surface area is 173 Å². The van der Waals surface area contributed by atoms with Crippen LogP contribution in [-0.2, 0) is 16.0 Å². The number of aromatic nitrogens is 1. The molecule has 0 radical (unpaired) electrons. The lowest BCUT2D eigenvalue weighted by Gasteiger charge is -2.37. The van der Waals surface area contributed by atoms with E-state index in [0.717, 1.165) is 56.3 Å². The lowest BCUT2D eigenvalue weighted by molar-refractivity contribution is -0.0817. The van der Waals surface area contributed by atoms with Gasteiger partial charge in [0, 0.05) is 38.0 Å². The summed E-state index contributed by atoms with van der Waals surface area (Å²) < 4.78 is 11.8. The van der Waals surface area contributed by atoms with E-state index < -0.39 is 0 Å². The molecule has 6 heteroatoms. The molecule has 0 saturated carbocycles. The fraction of sp³-hybridized carbons (Fsp3) is 0.478. The van der Waals surface area contributed by atoms with E-state index in [2.05, 4.69) is 46.4 Å². The summed E-state index contributed by atoms with van der Waals surface area (Å²) in [5.41, 5.74) is 3.28. The monoisotopic (exact) mass is 394 g/mol. The third-order valence-electron chi connectivity index (χ3n) is 5.41. The molecule has 6 nitrogen and oxygen atoms in total. The fourth-order valence-electron chi connectivity index (χ4n) is 3.94. The minimum absolute atomic E-state index is 0.127. The van der Waals surface area contributed by atoms with Crippen LogP contribution < -0.4 is 5.32 Å². The Morgan fingerprint density at radius 3 is 2.90 bits per heavy atom. The maximum atomic E-state index is 5.99. The Balaban J connectivity index is 1.46. The van der Waals surface area contributed by atoms with Gasteiger partial charge in [-0.2, -0.15) is 0 Å². The molecule has 2 unspecified atom stereocenters. The van der Waals surface area contributed by atoms with Gasteiger partial charge in [0.15, 0.2) is 5.96 Å². The molecule has 2 aromatic rings. The first kappa shape index (κ1) is 19.9. The van der Waals surface area contributed by atoms with Crippen molar-refractivity contribution in [1.82, 2.24) is 15.2 Å². The lowest BCUT2D eigenvalue weighted by atomic mass is 10.1. The number of hydrogen-bond donors (Lipinski definition) is 1. The zero-order chi connectivity index (χ0) is 19.9. The van der Waals surface area contributed by atoms with Crippen molar-refractivity contribution in [1.29, 1.82) is 0 Å². The first-order valence-corrected chi connectivity index (χ1v) is 10.6. The van der Waals surface area contributed by atoms with Gasteiger partial charge in [0.2, 0.25) is 0 Å². The summed E-state index contributed by atoms with van der Waals surface area (Å²) in [7, 11) is 0. The molecule has 0 spiro atoms. The molecule has 0 aliphatic carbocycles. The maximum Gasteiger partial charge on any atom is 0.194 e. The highest BCUT2D eigenvalue weighted by atomic mass is 16.5. The summed E-state index contributed by atoms with van der Waals surface area (Å²) in [6.07, 6.45) is 4.39. The van der Waals surface area contributed by atoms with Crippen LogP contribution in [0.25, 0.3) is 11.3 Å². The van der Waals surface area contributed by atoms with Gasteiger partial charge in [0.25, 0.3) is 0 Å². The van der Waals surface area contributed by atoms with E-state index >= 15 is 0 Å². The number of rotatable bonds is 5. The van der Waals surface area contributed by atoms with Gasteiger partial charge in [0.1, 0.15) is 6.10 Å². The number of benzene rings is 1. The number of aliphatic imine (C=N–C) groups is 1. The Morgan fingerprint density at radius 2 is 2.10 bits per heavy atom. The number of ether oxygens (including phenoxy) is 2. The quantitative estimate of drug-likeness (QED) is 0.624. The van der Waals surface area contributed by atoms with E-state index in [1.165, 1.54) is 5.56 Å². The summed E-state index contributed by atoms with van der Waals surface area (Å²) in [6.45, 7) is 6.82. The van der Waals surface area contributed by atoms with Gasteiger partial charge in [-0.05, 0) is 43.5 Å². The van der Waals surface area contributed by atoms with Crippen LogP contribution in [0.5, 0.6) is 0 Å². The summed E-state index contributed by atoms with van der Waals surface area (Å²) in [5.74, 6) is 0.946. The zero-order valence-electron chi connectivity index (χ0n) is 17.1. The number of nitrogens with zero attached hydrogens (tertiary/aromatic N) is 3. The topological polar surface area (TPSA) is 59.0 Å². The van der Waals surface area contributed by atoms with E-state index in [0.29, 0.717) is 13.2 Å². The number of hydrogen-bond acceptors (Lipinski definition) is 4. The molecule has 154 valence electrons. The molecule has 29 heavy (non-hydrogen) atoms. The molecule has 4 rings (SSSR count). The van der Waals surface area contributed by atoms with E-state index in [9.17, 15) is 0 Å². The first-order valence-electron chi connectivity index (χ1n) is 10.6. The molecule has 2 aliphatic rings. The minimum atomic E-state index is 0.127. The van der Waals surface area contributed by atoms with Crippen LogP contribution in [0.3, 0.4) is 0 Å².